The molecular weight excluding hydrogens is 207 g/mol. The van der Waals surface area contributed by atoms with Crippen LogP contribution in [0.25, 0.3) is 0 Å². The fraction of sp³-hybridized carbons (Fsp3) is 0.417. The van der Waals surface area contributed by atoms with E-state index in [-0.39, 0.29) is 0 Å². The van der Waals surface area contributed by atoms with Crippen molar-refractivity contribution in [3.63, 3.8) is 0 Å². The lowest BCUT2D eigenvalue weighted by molar-refractivity contribution is 0.164. The summed E-state index contributed by atoms with van der Waals surface area (Å²) in [7, 11) is 0. The second kappa shape index (κ2) is 4.50. The normalized spacial score (nSPS) is 16.6. The summed E-state index contributed by atoms with van der Waals surface area (Å²) in [5, 5.41) is 21.0. The number of nitrogens with one attached hydrogen (secondary N) is 1. The molecule has 16 heavy (non-hydrogen) atoms. The molecule has 0 aliphatic heterocycles. The maximum atomic E-state index is 13.4. The topological polar surface area (TPSA) is 56.0 Å². The lowest BCUT2D eigenvalue weighted by Gasteiger charge is -2.12. The summed E-state index contributed by atoms with van der Waals surface area (Å²) in [5.41, 5.74) is 0.629. The Morgan fingerprint density at radius 3 is 2.88 bits per heavy atom. The maximum Gasteiger partial charge on any atom is 0.147 e. The summed E-state index contributed by atoms with van der Waals surface area (Å²) in [6.07, 6.45) is 1.70. The van der Waals surface area contributed by atoms with Crippen LogP contribution in [0, 0.1) is 23.1 Å². The van der Waals surface area contributed by atoms with Crippen LogP contribution < -0.4 is 5.32 Å². The molecule has 0 saturated heterocycles. The number of aliphatic hydroxyl groups excluding tert-OH is 1. The van der Waals surface area contributed by atoms with Crippen molar-refractivity contribution in [2.75, 3.05) is 11.9 Å². The number of nitriles is 1. The zero-order valence-corrected chi connectivity index (χ0v) is 8.78. The first kappa shape index (κ1) is 10.9. The Morgan fingerprint density at radius 2 is 2.31 bits per heavy atom. The average Bonchev–Trinajstić information content (AvgIpc) is 3.10. The first-order chi connectivity index (χ1) is 7.70. The molecule has 2 rings (SSSR count). The molecule has 1 aliphatic rings. The minimum Gasteiger partial charge on any atom is -0.391 e. The lowest BCUT2D eigenvalue weighted by Crippen LogP contribution is -2.21. The number of benzene rings is 1. The molecule has 0 radical (unpaired) electrons. The summed E-state index contributed by atoms with van der Waals surface area (Å²) < 4.78 is 13.4. The monoisotopic (exact) mass is 220 g/mol. The second-order valence-electron chi connectivity index (χ2n) is 4.09. The average molecular weight is 220 g/mol. The number of anilines is 1. The van der Waals surface area contributed by atoms with E-state index in [1.165, 1.54) is 12.1 Å². The van der Waals surface area contributed by atoms with Crippen LogP contribution in [0.2, 0.25) is 0 Å². The molecule has 1 unspecified atom stereocenters. The van der Waals surface area contributed by atoms with Crippen LogP contribution in [0.15, 0.2) is 18.2 Å². The zero-order valence-electron chi connectivity index (χ0n) is 8.78. The molecule has 0 spiro atoms. The summed E-state index contributed by atoms with van der Waals surface area (Å²) >= 11 is 0. The lowest BCUT2D eigenvalue weighted by atomic mass is 10.2. The van der Waals surface area contributed by atoms with Gasteiger partial charge in [-0.05, 0) is 37.0 Å². The van der Waals surface area contributed by atoms with E-state index in [0.29, 0.717) is 23.7 Å². The Balaban J connectivity index is 1.96. The highest BCUT2D eigenvalue weighted by molar-refractivity contribution is 5.48. The molecule has 0 aromatic heterocycles. The third-order valence-corrected chi connectivity index (χ3v) is 2.77. The molecule has 1 fully saturated rings. The van der Waals surface area contributed by atoms with Crippen molar-refractivity contribution in [3.05, 3.63) is 29.6 Å². The van der Waals surface area contributed by atoms with Crippen molar-refractivity contribution >= 4 is 5.69 Å². The number of halogens is 1. The number of nitrogens with zero attached hydrogens (tertiary/aromatic N) is 1. The van der Waals surface area contributed by atoms with Gasteiger partial charge in [-0.3, -0.25) is 0 Å². The fourth-order valence-electron chi connectivity index (χ4n) is 1.59. The van der Waals surface area contributed by atoms with E-state index in [2.05, 4.69) is 5.32 Å². The minimum absolute atomic E-state index is 0.297. The standard InChI is InChI=1S/C12H13FN2O/c13-10-5-8(6-14)1-4-11(10)15-7-12(16)9-2-3-9/h1,4-5,9,12,15-16H,2-3,7H2. The summed E-state index contributed by atoms with van der Waals surface area (Å²) in [5.74, 6) is -0.0870. The van der Waals surface area contributed by atoms with E-state index >= 15 is 0 Å². The highest BCUT2D eigenvalue weighted by atomic mass is 19.1. The van der Waals surface area contributed by atoms with Crippen LogP contribution in [0.1, 0.15) is 18.4 Å². The van der Waals surface area contributed by atoms with Gasteiger partial charge in [-0.25, -0.2) is 4.39 Å². The number of rotatable bonds is 4. The Bertz CT molecular complexity index is 424. The summed E-state index contributed by atoms with van der Waals surface area (Å²) in [6, 6.07) is 6.13. The minimum atomic E-state index is -0.456. The zero-order chi connectivity index (χ0) is 11.5. The fourth-order valence-corrected chi connectivity index (χ4v) is 1.59. The van der Waals surface area contributed by atoms with E-state index < -0.39 is 11.9 Å². The van der Waals surface area contributed by atoms with Gasteiger partial charge in [-0.1, -0.05) is 0 Å². The summed E-state index contributed by atoms with van der Waals surface area (Å²) in [4.78, 5) is 0. The number of aliphatic hydroxyl groups is 1. The van der Waals surface area contributed by atoms with Crippen molar-refractivity contribution in [1.82, 2.24) is 0 Å². The first-order valence-corrected chi connectivity index (χ1v) is 5.32. The van der Waals surface area contributed by atoms with Gasteiger partial charge in [-0.15, -0.1) is 0 Å². The van der Waals surface area contributed by atoms with Crippen molar-refractivity contribution in [1.29, 1.82) is 5.26 Å². The third kappa shape index (κ3) is 2.50. The van der Waals surface area contributed by atoms with Gasteiger partial charge in [0.1, 0.15) is 5.82 Å². The Labute approximate surface area is 93.5 Å². The van der Waals surface area contributed by atoms with Crippen LogP contribution in [-0.4, -0.2) is 17.8 Å². The molecule has 84 valence electrons. The smallest absolute Gasteiger partial charge is 0.147 e. The molecule has 0 amide bonds. The molecule has 4 heteroatoms. The molecule has 1 aromatic rings. The van der Waals surface area contributed by atoms with Crippen molar-refractivity contribution in [2.24, 2.45) is 5.92 Å². The van der Waals surface area contributed by atoms with Crippen molar-refractivity contribution in [3.8, 4) is 6.07 Å². The molecule has 3 nitrogen and oxygen atoms in total. The summed E-state index contributed by atoms with van der Waals surface area (Å²) in [6.45, 7) is 0.355. The predicted molar refractivity (Wildman–Crippen MR) is 58.3 cm³/mol. The third-order valence-electron chi connectivity index (χ3n) is 2.77. The maximum absolute atomic E-state index is 13.4. The molecule has 0 bridgehead atoms. The van der Waals surface area contributed by atoms with Gasteiger partial charge in [0.2, 0.25) is 0 Å². The van der Waals surface area contributed by atoms with Gasteiger partial charge in [0.25, 0.3) is 0 Å². The molecule has 2 N–H and O–H groups in total. The largest absolute Gasteiger partial charge is 0.391 e. The van der Waals surface area contributed by atoms with E-state index in [1.807, 2.05) is 6.07 Å². The van der Waals surface area contributed by atoms with Crippen LogP contribution in [0.3, 0.4) is 0 Å². The molecule has 1 aliphatic carbocycles. The van der Waals surface area contributed by atoms with Crippen LogP contribution in [-0.2, 0) is 0 Å². The van der Waals surface area contributed by atoms with E-state index in [9.17, 15) is 9.50 Å². The van der Waals surface area contributed by atoms with E-state index in [1.54, 1.807) is 6.07 Å². The second-order valence-corrected chi connectivity index (χ2v) is 4.09. The molecule has 1 aromatic carbocycles. The predicted octanol–water partition coefficient (Wildman–Crippen LogP) is 1.88. The Morgan fingerprint density at radius 1 is 1.56 bits per heavy atom. The Kier molecular flexibility index (Phi) is 3.07. The van der Waals surface area contributed by atoms with E-state index in [0.717, 1.165) is 12.8 Å². The van der Waals surface area contributed by atoms with Crippen LogP contribution >= 0.6 is 0 Å². The van der Waals surface area contributed by atoms with Gasteiger partial charge in [0.05, 0.1) is 23.4 Å². The van der Waals surface area contributed by atoms with Gasteiger partial charge in [-0.2, -0.15) is 5.26 Å². The van der Waals surface area contributed by atoms with Crippen LogP contribution in [0.4, 0.5) is 10.1 Å². The molecule has 1 saturated carbocycles. The Hall–Kier alpha value is -1.60. The SMILES string of the molecule is N#Cc1ccc(NCC(O)C2CC2)c(F)c1. The van der Waals surface area contributed by atoms with Gasteiger partial charge in [0, 0.05) is 6.54 Å². The van der Waals surface area contributed by atoms with Crippen molar-refractivity contribution < 1.29 is 9.50 Å². The van der Waals surface area contributed by atoms with Gasteiger partial charge >= 0.3 is 0 Å². The van der Waals surface area contributed by atoms with E-state index in [4.69, 9.17) is 5.26 Å². The molecule has 1 atom stereocenters. The van der Waals surface area contributed by atoms with Crippen molar-refractivity contribution in [2.45, 2.75) is 18.9 Å². The van der Waals surface area contributed by atoms with Gasteiger partial charge < -0.3 is 10.4 Å². The van der Waals surface area contributed by atoms with Gasteiger partial charge in [0.15, 0.2) is 0 Å². The quantitative estimate of drug-likeness (QED) is 0.814. The van der Waals surface area contributed by atoms with Crippen LogP contribution in [0.5, 0.6) is 0 Å². The highest BCUT2D eigenvalue weighted by Crippen LogP contribution is 2.32. The first-order valence-electron chi connectivity index (χ1n) is 5.32. The number of hydrogen-bond donors (Lipinski definition) is 2. The highest BCUT2D eigenvalue weighted by Gasteiger charge is 2.29. The molecule has 0 heterocycles. The number of hydrogen-bond acceptors (Lipinski definition) is 3. The molecular formula is C12H13FN2O.